The zero-order valence-electron chi connectivity index (χ0n) is 11.8. The summed E-state index contributed by atoms with van der Waals surface area (Å²) in [5.41, 5.74) is -0.0612. The molecule has 1 aliphatic rings. The Labute approximate surface area is 117 Å². The molecule has 0 radical (unpaired) electrons. The Bertz CT molecular complexity index is 602. The van der Waals surface area contributed by atoms with Crippen molar-refractivity contribution in [2.75, 3.05) is 0 Å². The minimum atomic E-state index is -1.11. The molecule has 5 heteroatoms. The molecule has 0 saturated heterocycles. The number of carboxylic acids is 1. The Morgan fingerprint density at radius 2 is 1.70 bits per heavy atom. The monoisotopic (exact) mass is 275 g/mol. The summed E-state index contributed by atoms with van der Waals surface area (Å²) >= 11 is 0. The summed E-state index contributed by atoms with van der Waals surface area (Å²) in [6, 6.07) is 4.06. The van der Waals surface area contributed by atoms with E-state index in [0.717, 1.165) is 0 Å². The van der Waals surface area contributed by atoms with Crippen molar-refractivity contribution in [3.8, 4) is 0 Å². The van der Waals surface area contributed by atoms with Gasteiger partial charge in [-0.15, -0.1) is 0 Å². The second kappa shape index (κ2) is 4.74. The van der Waals surface area contributed by atoms with Crippen LogP contribution in [0, 0.1) is 0 Å². The molecule has 0 unspecified atom stereocenters. The van der Waals surface area contributed by atoms with E-state index in [-0.39, 0.29) is 22.6 Å². The number of fused-ring (bicyclic) bond motifs is 1. The van der Waals surface area contributed by atoms with E-state index < -0.39 is 17.4 Å². The van der Waals surface area contributed by atoms with Gasteiger partial charge < -0.3 is 5.11 Å². The lowest BCUT2D eigenvalue weighted by atomic mass is 9.93. The molecule has 0 bridgehead atoms. The predicted octanol–water partition coefficient (Wildman–Crippen LogP) is 2.56. The van der Waals surface area contributed by atoms with Crippen molar-refractivity contribution in [3.05, 3.63) is 34.9 Å². The highest BCUT2D eigenvalue weighted by molar-refractivity contribution is 6.22. The highest BCUT2D eigenvalue weighted by Crippen LogP contribution is 2.33. The highest BCUT2D eigenvalue weighted by atomic mass is 16.4. The second-order valence-electron chi connectivity index (χ2n) is 5.22. The molecule has 106 valence electrons. The molecule has 1 aromatic carbocycles. The van der Waals surface area contributed by atoms with Crippen molar-refractivity contribution in [1.29, 1.82) is 0 Å². The first-order valence-electron chi connectivity index (χ1n) is 6.62. The van der Waals surface area contributed by atoms with Gasteiger partial charge in [0.05, 0.1) is 16.7 Å². The van der Waals surface area contributed by atoms with Crippen LogP contribution in [0.4, 0.5) is 0 Å². The van der Waals surface area contributed by atoms with Crippen molar-refractivity contribution in [2.24, 2.45) is 0 Å². The summed E-state index contributed by atoms with van der Waals surface area (Å²) in [4.78, 5) is 37.1. The maximum atomic E-state index is 12.5. The van der Waals surface area contributed by atoms with E-state index in [1.165, 1.54) is 23.1 Å². The molecule has 1 heterocycles. The minimum Gasteiger partial charge on any atom is -0.478 e. The molecule has 0 aliphatic carbocycles. The zero-order valence-corrected chi connectivity index (χ0v) is 11.8. The second-order valence-corrected chi connectivity index (χ2v) is 5.22. The molecule has 0 saturated carbocycles. The van der Waals surface area contributed by atoms with Crippen LogP contribution in [-0.2, 0) is 0 Å². The van der Waals surface area contributed by atoms with Crippen molar-refractivity contribution in [3.63, 3.8) is 0 Å². The van der Waals surface area contributed by atoms with Crippen molar-refractivity contribution < 1.29 is 19.5 Å². The quantitative estimate of drug-likeness (QED) is 0.857. The van der Waals surface area contributed by atoms with E-state index in [9.17, 15) is 14.4 Å². The number of hydrogen-bond donors (Lipinski definition) is 1. The van der Waals surface area contributed by atoms with E-state index in [1.807, 2.05) is 20.8 Å². The van der Waals surface area contributed by atoms with Gasteiger partial charge in [0.2, 0.25) is 0 Å². The third-order valence-electron chi connectivity index (χ3n) is 4.20. The van der Waals surface area contributed by atoms with E-state index in [1.54, 1.807) is 0 Å². The third kappa shape index (κ3) is 1.90. The third-order valence-corrected chi connectivity index (χ3v) is 4.20. The number of benzene rings is 1. The van der Waals surface area contributed by atoms with Crippen LogP contribution in [-0.4, -0.2) is 33.3 Å². The number of carbonyl (C=O) groups is 3. The van der Waals surface area contributed by atoms with Crippen LogP contribution in [0.15, 0.2) is 18.2 Å². The number of hydrogen-bond acceptors (Lipinski definition) is 3. The van der Waals surface area contributed by atoms with Gasteiger partial charge in [0.1, 0.15) is 0 Å². The molecule has 0 spiro atoms. The number of rotatable bonds is 4. The Morgan fingerprint density at radius 1 is 1.15 bits per heavy atom. The van der Waals surface area contributed by atoms with Crippen LogP contribution in [0.25, 0.3) is 0 Å². The Morgan fingerprint density at radius 3 is 2.20 bits per heavy atom. The molecule has 0 fully saturated rings. The van der Waals surface area contributed by atoms with Crippen molar-refractivity contribution >= 4 is 17.8 Å². The zero-order chi connectivity index (χ0) is 15.1. The molecule has 1 aliphatic heterocycles. The Balaban J connectivity index is 2.53. The Kier molecular flexibility index (Phi) is 3.38. The SMILES string of the molecule is CCC(C)(CC)N1C(=O)c2ccc(C(=O)O)cc2C1=O. The van der Waals surface area contributed by atoms with Crippen LogP contribution in [0.1, 0.15) is 64.7 Å². The molecular weight excluding hydrogens is 258 g/mol. The van der Waals surface area contributed by atoms with Gasteiger partial charge in [-0.2, -0.15) is 0 Å². The van der Waals surface area contributed by atoms with Crippen LogP contribution in [0.2, 0.25) is 0 Å². The van der Waals surface area contributed by atoms with Gasteiger partial charge in [-0.25, -0.2) is 4.79 Å². The van der Waals surface area contributed by atoms with Gasteiger partial charge >= 0.3 is 5.97 Å². The normalized spacial score (nSPS) is 14.7. The summed E-state index contributed by atoms with van der Waals surface area (Å²) < 4.78 is 0. The van der Waals surface area contributed by atoms with Crippen LogP contribution in [0.5, 0.6) is 0 Å². The maximum absolute atomic E-state index is 12.5. The average Bonchev–Trinajstić information content (AvgIpc) is 2.70. The van der Waals surface area contributed by atoms with E-state index in [2.05, 4.69) is 0 Å². The number of aromatic carboxylic acids is 1. The highest BCUT2D eigenvalue weighted by Gasteiger charge is 2.44. The first-order valence-corrected chi connectivity index (χ1v) is 6.62. The lowest BCUT2D eigenvalue weighted by Gasteiger charge is -2.35. The summed E-state index contributed by atoms with van der Waals surface area (Å²) in [5.74, 6) is -1.85. The Hall–Kier alpha value is -2.17. The molecule has 1 aromatic rings. The first kappa shape index (κ1) is 14.2. The standard InChI is InChI=1S/C15H17NO4/c1-4-15(3,5-2)16-12(17)10-7-6-9(14(19)20)8-11(10)13(16)18/h6-8H,4-5H2,1-3H3,(H,19,20). The number of nitrogens with zero attached hydrogens (tertiary/aromatic N) is 1. The summed E-state index contributed by atoms with van der Waals surface area (Å²) in [6.07, 6.45) is 1.31. The smallest absolute Gasteiger partial charge is 0.335 e. The summed E-state index contributed by atoms with van der Waals surface area (Å²) in [5, 5.41) is 8.98. The molecule has 0 aromatic heterocycles. The van der Waals surface area contributed by atoms with E-state index in [0.29, 0.717) is 12.8 Å². The maximum Gasteiger partial charge on any atom is 0.335 e. The van der Waals surface area contributed by atoms with Gasteiger partial charge in [-0.1, -0.05) is 13.8 Å². The first-order chi connectivity index (χ1) is 9.35. The van der Waals surface area contributed by atoms with E-state index in [4.69, 9.17) is 5.11 Å². The summed E-state index contributed by atoms with van der Waals surface area (Å²) in [6.45, 7) is 5.72. The molecular formula is C15H17NO4. The molecule has 0 atom stereocenters. The fraction of sp³-hybridized carbons (Fsp3) is 0.400. The van der Waals surface area contributed by atoms with E-state index >= 15 is 0 Å². The van der Waals surface area contributed by atoms with Crippen LogP contribution in [0.3, 0.4) is 0 Å². The molecule has 2 amide bonds. The topological polar surface area (TPSA) is 74.7 Å². The predicted molar refractivity (Wildman–Crippen MR) is 72.9 cm³/mol. The van der Waals surface area contributed by atoms with Crippen LogP contribution < -0.4 is 0 Å². The van der Waals surface area contributed by atoms with Gasteiger partial charge in [-0.3, -0.25) is 14.5 Å². The van der Waals surface area contributed by atoms with Crippen molar-refractivity contribution in [2.45, 2.75) is 39.2 Å². The van der Waals surface area contributed by atoms with Gasteiger partial charge in [-0.05, 0) is 38.0 Å². The molecule has 1 N–H and O–H groups in total. The molecule has 5 nitrogen and oxygen atoms in total. The largest absolute Gasteiger partial charge is 0.478 e. The number of carbonyl (C=O) groups excluding carboxylic acids is 2. The number of amides is 2. The van der Waals surface area contributed by atoms with Crippen LogP contribution >= 0.6 is 0 Å². The van der Waals surface area contributed by atoms with Gasteiger partial charge in [0.25, 0.3) is 11.8 Å². The van der Waals surface area contributed by atoms with Gasteiger partial charge in [0, 0.05) is 5.54 Å². The van der Waals surface area contributed by atoms with Crippen molar-refractivity contribution in [1.82, 2.24) is 4.90 Å². The lowest BCUT2D eigenvalue weighted by Crippen LogP contribution is -2.48. The fourth-order valence-electron chi connectivity index (χ4n) is 2.43. The number of carboxylic acid groups (broad SMARTS) is 1. The fourth-order valence-corrected chi connectivity index (χ4v) is 2.43. The molecule has 20 heavy (non-hydrogen) atoms. The summed E-state index contributed by atoms with van der Waals surface area (Å²) in [7, 11) is 0. The average molecular weight is 275 g/mol. The number of imide groups is 1. The molecule has 2 rings (SSSR count). The van der Waals surface area contributed by atoms with Gasteiger partial charge in [0.15, 0.2) is 0 Å². The lowest BCUT2D eigenvalue weighted by molar-refractivity contribution is 0.0434. The minimum absolute atomic E-state index is 0.0152.